The predicted octanol–water partition coefficient (Wildman–Crippen LogP) is 1.60. The van der Waals surface area contributed by atoms with Gasteiger partial charge in [0.05, 0.1) is 6.54 Å². The summed E-state index contributed by atoms with van der Waals surface area (Å²) < 4.78 is 0. The van der Waals surface area contributed by atoms with E-state index in [1.807, 2.05) is 0 Å². The Morgan fingerprint density at radius 1 is 1.46 bits per heavy atom. The Hall–Kier alpha value is -2.00. The van der Waals surface area contributed by atoms with Crippen molar-refractivity contribution in [3.05, 3.63) is 45.8 Å². The molecule has 0 saturated heterocycles. The van der Waals surface area contributed by atoms with E-state index in [2.05, 4.69) is 10.0 Å². The Balaban J connectivity index is 2.80. The molecule has 5 heteroatoms. The molecule has 0 bridgehead atoms. The summed E-state index contributed by atoms with van der Waals surface area (Å²) in [6.45, 7) is 0.287. The van der Waals surface area contributed by atoms with Gasteiger partial charge < -0.3 is 5.73 Å². The van der Waals surface area contributed by atoms with Gasteiger partial charge in [0.2, 0.25) is 5.91 Å². The van der Waals surface area contributed by atoms with Crippen LogP contribution in [0.1, 0.15) is 15.9 Å². The molecule has 1 rings (SSSR count). The SMILES string of the molecule is [N-]=[N+]=NCc1ccc(C(N)=O)cc1. The molecule has 1 amide bonds. The lowest BCUT2D eigenvalue weighted by Gasteiger charge is -1.96. The van der Waals surface area contributed by atoms with Gasteiger partial charge in [-0.15, -0.1) is 0 Å². The smallest absolute Gasteiger partial charge is 0.248 e. The molecule has 0 spiro atoms. The van der Waals surface area contributed by atoms with Crippen molar-refractivity contribution in [2.45, 2.75) is 6.54 Å². The van der Waals surface area contributed by atoms with Gasteiger partial charge in [0.1, 0.15) is 0 Å². The second kappa shape index (κ2) is 4.13. The number of nitrogens with zero attached hydrogens (tertiary/aromatic N) is 3. The van der Waals surface area contributed by atoms with Gasteiger partial charge in [-0.05, 0) is 23.2 Å². The first-order valence-electron chi connectivity index (χ1n) is 3.63. The molecular weight excluding hydrogens is 168 g/mol. The molecule has 0 aromatic heterocycles. The topological polar surface area (TPSA) is 91.8 Å². The Kier molecular flexibility index (Phi) is 2.89. The molecule has 0 radical (unpaired) electrons. The van der Waals surface area contributed by atoms with Gasteiger partial charge in [0.25, 0.3) is 0 Å². The maximum absolute atomic E-state index is 10.7. The van der Waals surface area contributed by atoms with Crippen LogP contribution in [0.2, 0.25) is 0 Å². The summed E-state index contributed by atoms with van der Waals surface area (Å²) in [4.78, 5) is 13.3. The molecular formula is C8H8N4O. The zero-order chi connectivity index (χ0) is 9.68. The number of hydrogen-bond donors (Lipinski definition) is 1. The summed E-state index contributed by atoms with van der Waals surface area (Å²) in [5.74, 6) is -0.463. The highest BCUT2D eigenvalue weighted by Crippen LogP contribution is 2.04. The van der Waals surface area contributed by atoms with Crippen LogP contribution in [-0.2, 0) is 6.54 Å². The normalized spacial score (nSPS) is 8.92. The molecule has 0 fully saturated rings. The molecule has 0 heterocycles. The molecule has 2 N–H and O–H groups in total. The van der Waals surface area contributed by atoms with Gasteiger partial charge in [-0.2, -0.15) is 0 Å². The predicted molar refractivity (Wildman–Crippen MR) is 47.8 cm³/mol. The number of carbonyl (C=O) groups excluding carboxylic acids is 1. The molecule has 0 aliphatic carbocycles. The highest BCUT2D eigenvalue weighted by Gasteiger charge is 1.98. The minimum atomic E-state index is -0.463. The maximum Gasteiger partial charge on any atom is 0.248 e. The first-order chi connectivity index (χ1) is 6.24. The van der Waals surface area contributed by atoms with Crippen molar-refractivity contribution in [2.75, 3.05) is 0 Å². The lowest BCUT2D eigenvalue weighted by molar-refractivity contribution is 0.100. The third-order valence-corrected chi connectivity index (χ3v) is 1.55. The van der Waals surface area contributed by atoms with Crippen LogP contribution in [0.25, 0.3) is 10.4 Å². The van der Waals surface area contributed by atoms with Crippen molar-refractivity contribution in [1.82, 2.24) is 0 Å². The lowest BCUT2D eigenvalue weighted by atomic mass is 10.1. The Labute approximate surface area is 74.8 Å². The molecule has 66 valence electrons. The summed E-state index contributed by atoms with van der Waals surface area (Å²) in [6.07, 6.45) is 0. The zero-order valence-electron chi connectivity index (χ0n) is 6.84. The number of benzene rings is 1. The Morgan fingerprint density at radius 2 is 2.08 bits per heavy atom. The second-order valence-corrected chi connectivity index (χ2v) is 2.45. The van der Waals surface area contributed by atoms with E-state index in [4.69, 9.17) is 11.3 Å². The van der Waals surface area contributed by atoms with Crippen molar-refractivity contribution in [3.8, 4) is 0 Å². The molecule has 1 aromatic carbocycles. The second-order valence-electron chi connectivity index (χ2n) is 2.45. The van der Waals surface area contributed by atoms with Crippen LogP contribution in [0.15, 0.2) is 29.4 Å². The molecule has 13 heavy (non-hydrogen) atoms. The molecule has 0 aliphatic rings. The number of rotatable bonds is 3. The zero-order valence-corrected chi connectivity index (χ0v) is 6.84. The summed E-state index contributed by atoms with van der Waals surface area (Å²) in [7, 11) is 0. The average Bonchev–Trinajstić information content (AvgIpc) is 2.15. The van der Waals surface area contributed by atoms with Gasteiger partial charge in [0, 0.05) is 10.5 Å². The average molecular weight is 176 g/mol. The van der Waals surface area contributed by atoms with Crippen molar-refractivity contribution < 1.29 is 4.79 Å². The number of nitrogens with two attached hydrogens (primary N) is 1. The van der Waals surface area contributed by atoms with Gasteiger partial charge in [-0.25, -0.2) is 0 Å². The van der Waals surface area contributed by atoms with E-state index in [1.165, 1.54) is 0 Å². The van der Waals surface area contributed by atoms with E-state index in [9.17, 15) is 4.79 Å². The Morgan fingerprint density at radius 3 is 2.54 bits per heavy atom. The quantitative estimate of drug-likeness (QED) is 0.422. The van der Waals surface area contributed by atoms with Crippen LogP contribution < -0.4 is 5.73 Å². The number of amides is 1. The fourth-order valence-corrected chi connectivity index (χ4v) is 0.888. The molecule has 5 nitrogen and oxygen atoms in total. The van der Waals surface area contributed by atoms with Gasteiger partial charge in [-0.1, -0.05) is 17.2 Å². The Bertz CT molecular complexity index is 351. The van der Waals surface area contributed by atoms with E-state index < -0.39 is 5.91 Å². The van der Waals surface area contributed by atoms with Crippen molar-refractivity contribution in [2.24, 2.45) is 10.8 Å². The molecule has 1 aromatic rings. The van der Waals surface area contributed by atoms with E-state index in [1.54, 1.807) is 24.3 Å². The van der Waals surface area contributed by atoms with Gasteiger partial charge >= 0.3 is 0 Å². The van der Waals surface area contributed by atoms with Crippen LogP contribution in [0.5, 0.6) is 0 Å². The third-order valence-electron chi connectivity index (χ3n) is 1.55. The van der Waals surface area contributed by atoms with Gasteiger partial charge in [0.15, 0.2) is 0 Å². The lowest BCUT2D eigenvalue weighted by Crippen LogP contribution is -2.10. The van der Waals surface area contributed by atoms with Crippen LogP contribution in [-0.4, -0.2) is 5.91 Å². The highest BCUT2D eigenvalue weighted by atomic mass is 16.1. The number of azide groups is 1. The number of hydrogen-bond acceptors (Lipinski definition) is 2. The van der Waals surface area contributed by atoms with Crippen molar-refractivity contribution in [3.63, 3.8) is 0 Å². The van der Waals surface area contributed by atoms with Crippen LogP contribution in [0, 0.1) is 0 Å². The fourth-order valence-electron chi connectivity index (χ4n) is 0.888. The van der Waals surface area contributed by atoms with Crippen LogP contribution >= 0.6 is 0 Å². The third kappa shape index (κ3) is 2.50. The van der Waals surface area contributed by atoms with Crippen molar-refractivity contribution in [1.29, 1.82) is 0 Å². The molecule has 0 saturated carbocycles. The molecule has 0 atom stereocenters. The number of primary amides is 1. The summed E-state index contributed by atoms with van der Waals surface area (Å²) in [5.41, 5.74) is 14.4. The number of carbonyl (C=O) groups is 1. The first-order valence-corrected chi connectivity index (χ1v) is 3.63. The van der Waals surface area contributed by atoms with Gasteiger partial charge in [-0.3, -0.25) is 4.79 Å². The minimum Gasteiger partial charge on any atom is -0.366 e. The maximum atomic E-state index is 10.7. The minimum absolute atomic E-state index is 0.287. The standard InChI is InChI=1S/C8H8N4O/c9-8(13)7-3-1-6(2-4-7)5-11-12-10/h1-4H,5H2,(H2,9,13). The monoisotopic (exact) mass is 176 g/mol. The van der Waals surface area contributed by atoms with Crippen molar-refractivity contribution >= 4 is 5.91 Å². The summed E-state index contributed by atoms with van der Waals surface area (Å²) in [5, 5.41) is 3.38. The summed E-state index contributed by atoms with van der Waals surface area (Å²) in [6, 6.07) is 6.61. The van der Waals surface area contributed by atoms with Crippen LogP contribution in [0.3, 0.4) is 0 Å². The fraction of sp³-hybridized carbons (Fsp3) is 0.125. The van der Waals surface area contributed by atoms with E-state index in [0.29, 0.717) is 5.56 Å². The first kappa shape index (κ1) is 9.09. The highest BCUT2D eigenvalue weighted by molar-refractivity contribution is 5.92. The largest absolute Gasteiger partial charge is 0.366 e. The molecule has 0 aliphatic heterocycles. The van der Waals surface area contributed by atoms with E-state index >= 15 is 0 Å². The van der Waals surface area contributed by atoms with E-state index in [0.717, 1.165) is 5.56 Å². The van der Waals surface area contributed by atoms with Crippen LogP contribution in [0.4, 0.5) is 0 Å². The molecule has 0 unspecified atom stereocenters. The van der Waals surface area contributed by atoms with E-state index in [-0.39, 0.29) is 6.54 Å². The summed E-state index contributed by atoms with van der Waals surface area (Å²) >= 11 is 0.